The molecule has 4 atom stereocenters. The highest BCUT2D eigenvalue weighted by Gasteiger charge is 2.09. The highest BCUT2D eigenvalue weighted by molar-refractivity contribution is 7.44. The summed E-state index contributed by atoms with van der Waals surface area (Å²) in [6.07, 6.45) is 12.3. The van der Waals surface area contributed by atoms with Gasteiger partial charge in [0.15, 0.2) is 0 Å². The first-order chi connectivity index (χ1) is 11.6. The van der Waals surface area contributed by atoms with Crippen LogP contribution in [0, 0.1) is 23.7 Å². The fraction of sp³-hybridized carbons (Fsp3) is 1.00. The van der Waals surface area contributed by atoms with Gasteiger partial charge >= 0.3 is 0 Å². The quantitative estimate of drug-likeness (QED) is 0.338. The van der Waals surface area contributed by atoms with Crippen molar-refractivity contribution in [3.8, 4) is 0 Å². The van der Waals surface area contributed by atoms with Gasteiger partial charge in [-0.1, -0.05) is 92.4 Å². The molecule has 0 aromatic heterocycles. The lowest BCUT2D eigenvalue weighted by molar-refractivity contribution is -0.220. The summed E-state index contributed by atoms with van der Waals surface area (Å²) < 4.78 is 14.9. The molecule has 0 fully saturated rings. The molecule has 0 radical (unpaired) electrons. The number of rotatable bonds is 16. The standard InChI is InChI=1S/C20H43O4P/c1-17(2)9-6-10-18(3)11-7-12-19(4)13-8-14-20(5)15-16-24-25(21,22)23/h17-20H,6-16H2,1-5H3,(H2,21,22,23)/p-1. The van der Waals surface area contributed by atoms with Gasteiger partial charge in [0.2, 0.25) is 0 Å². The van der Waals surface area contributed by atoms with E-state index in [0.29, 0.717) is 12.3 Å². The summed E-state index contributed by atoms with van der Waals surface area (Å²) in [4.78, 5) is 19.1. The van der Waals surface area contributed by atoms with Crippen molar-refractivity contribution in [2.45, 2.75) is 98.8 Å². The summed E-state index contributed by atoms with van der Waals surface area (Å²) in [7, 11) is -4.55. The average molecular weight is 378 g/mol. The SMILES string of the molecule is CC(C)CCCC(C)CCCC(C)CCCC(C)CCOP(=O)([O-])O. The van der Waals surface area contributed by atoms with Gasteiger partial charge in [0.05, 0.1) is 6.61 Å². The molecule has 0 saturated carbocycles. The zero-order valence-electron chi connectivity index (χ0n) is 17.2. The highest BCUT2D eigenvalue weighted by atomic mass is 31.2. The van der Waals surface area contributed by atoms with E-state index in [1.54, 1.807) is 0 Å². The first-order valence-electron chi connectivity index (χ1n) is 10.3. The molecule has 0 aromatic carbocycles. The van der Waals surface area contributed by atoms with Gasteiger partial charge in [-0.15, -0.1) is 0 Å². The molecule has 0 heterocycles. The molecule has 0 amide bonds. The minimum atomic E-state index is -4.55. The third-order valence-corrected chi connectivity index (χ3v) is 5.64. The molecule has 0 saturated heterocycles. The fourth-order valence-corrected chi connectivity index (χ4v) is 3.64. The van der Waals surface area contributed by atoms with E-state index in [2.05, 4.69) is 39.1 Å². The summed E-state index contributed by atoms with van der Waals surface area (Å²) in [5.41, 5.74) is 0. The predicted octanol–water partition coefficient (Wildman–Crippen LogP) is 5.93. The predicted molar refractivity (Wildman–Crippen MR) is 104 cm³/mol. The Kier molecular flexibility index (Phi) is 14.3. The molecule has 0 aliphatic carbocycles. The van der Waals surface area contributed by atoms with Crippen LogP contribution in [0.1, 0.15) is 98.8 Å². The molecule has 152 valence electrons. The summed E-state index contributed by atoms with van der Waals surface area (Å²) in [6, 6.07) is 0. The lowest BCUT2D eigenvalue weighted by Gasteiger charge is -2.18. The van der Waals surface area contributed by atoms with Gasteiger partial charge < -0.3 is 14.3 Å². The van der Waals surface area contributed by atoms with Crippen molar-refractivity contribution in [1.82, 2.24) is 0 Å². The lowest BCUT2D eigenvalue weighted by Crippen LogP contribution is -2.07. The van der Waals surface area contributed by atoms with Crippen LogP contribution >= 0.6 is 7.82 Å². The summed E-state index contributed by atoms with van der Waals surface area (Å²) in [5, 5.41) is 0. The van der Waals surface area contributed by atoms with Crippen LogP contribution in [0.4, 0.5) is 0 Å². The third kappa shape index (κ3) is 18.7. The maximum Gasteiger partial charge on any atom is 0.265 e. The molecule has 0 bridgehead atoms. The lowest BCUT2D eigenvalue weighted by atomic mass is 9.91. The van der Waals surface area contributed by atoms with E-state index in [1.807, 2.05) is 0 Å². The molecule has 0 aromatic rings. The van der Waals surface area contributed by atoms with Gasteiger partial charge in [0.25, 0.3) is 7.82 Å². The van der Waals surface area contributed by atoms with E-state index in [-0.39, 0.29) is 6.61 Å². The Morgan fingerprint density at radius 3 is 1.48 bits per heavy atom. The normalized spacial score (nSPS) is 18.1. The Hall–Kier alpha value is 0.110. The number of hydrogen-bond acceptors (Lipinski definition) is 3. The largest absolute Gasteiger partial charge is 0.756 e. The maximum absolute atomic E-state index is 10.5. The van der Waals surface area contributed by atoms with Crippen molar-refractivity contribution < 1.29 is 18.9 Å². The topological polar surface area (TPSA) is 69.6 Å². The molecule has 0 rings (SSSR count). The monoisotopic (exact) mass is 377 g/mol. The van der Waals surface area contributed by atoms with Crippen molar-refractivity contribution >= 4 is 7.82 Å². The summed E-state index contributed by atoms with van der Waals surface area (Å²) >= 11 is 0. The minimum Gasteiger partial charge on any atom is -0.756 e. The van der Waals surface area contributed by atoms with Crippen LogP contribution in [0.15, 0.2) is 0 Å². The van der Waals surface area contributed by atoms with E-state index < -0.39 is 7.82 Å². The van der Waals surface area contributed by atoms with Gasteiger partial charge in [-0.2, -0.15) is 0 Å². The molecular weight excluding hydrogens is 335 g/mol. The van der Waals surface area contributed by atoms with Crippen molar-refractivity contribution in [3.05, 3.63) is 0 Å². The average Bonchev–Trinajstić information content (AvgIpc) is 2.45. The Morgan fingerprint density at radius 2 is 1.12 bits per heavy atom. The number of hydrogen-bond donors (Lipinski definition) is 1. The fourth-order valence-electron chi connectivity index (χ4n) is 3.31. The zero-order chi connectivity index (χ0) is 19.3. The molecule has 25 heavy (non-hydrogen) atoms. The van der Waals surface area contributed by atoms with E-state index in [1.165, 1.54) is 51.4 Å². The molecule has 4 unspecified atom stereocenters. The molecule has 0 aliphatic rings. The van der Waals surface area contributed by atoms with Crippen LogP contribution in [-0.4, -0.2) is 11.5 Å². The van der Waals surface area contributed by atoms with E-state index in [4.69, 9.17) is 4.89 Å². The van der Waals surface area contributed by atoms with Crippen LogP contribution in [0.25, 0.3) is 0 Å². The smallest absolute Gasteiger partial charge is 0.265 e. The summed E-state index contributed by atoms with van der Waals surface area (Å²) in [6.45, 7) is 11.5. The first kappa shape index (κ1) is 25.1. The third-order valence-electron chi connectivity index (χ3n) is 5.13. The molecular formula is C20H42O4P-. The number of phosphoric ester groups is 1. The van der Waals surface area contributed by atoms with Gasteiger partial charge in [0, 0.05) is 0 Å². The van der Waals surface area contributed by atoms with Crippen LogP contribution < -0.4 is 4.89 Å². The Labute approximate surface area is 156 Å². The van der Waals surface area contributed by atoms with Crippen molar-refractivity contribution in [3.63, 3.8) is 0 Å². The van der Waals surface area contributed by atoms with Gasteiger partial charge in [-0.25, -0.2) is 0 Å². The second-order valence-corrected chi connectivity index (χ2v) is 9.79. The van der Waals surface area contributed by atoms with E-state index in [9.17, 15) is 9.46 Å². The Bertz CT molecular complexity index is 354. The second-order valence-electron chi connectivity index (χ2n) is 8.59. The first-order valence-corrected chi connectivity index (χ1v) is 11.8. The number of phosphoric acid groups is 1. The van der Waals surface area contributed by atoms with Crippen molar-refractivity contribution in [1.29, 1.82) is 0 Å². The second kappa shape index (κ2) is 14.2. The van der Waals surface area contributed by atoms with Crippen LogP contribution in [-0.2, 0) is 9.09 Å². The molecule has 5 heteroatoms. The van der Waals surface area contributed by atoms with Gasteiger partial charge in [-0.05, 0) is 30.1 Å². The van der Waals surface area contributed by atoms with Gasteiger partial charge in [0.1, 0.15) is 0 Å². The van der Waals surface area contributed by atoms with Crippen LogP contribution in [0.5, 0.6) is 0 Å². The van der Waals surface area contributed by atoms with Crippen molar-refractivity contribution in [2.24, 2.45) is 23.7 Å². The van der Waals surface area contributed by atoms with Gasteiger partial charge in [-0.3, -0.25) is 4.57 Å². The van der Waals surface area contributed by atoms with Crippen molar-refractivity contribution in [2.75, 3.05) is 6.61 Å². The zero-order valence-corrected chi connectivity index (χ0v) is 18.1. The van der Waals surface area contributed by atoms with E-state index in [0.717, 1.165) is 24.2 Å². The van der Waals surface area contributed by atoms with Crippen LogP contribution in [0.2, 0.25) is 0 Å². The molecule has 0 aliphatic heterocycles. The maximum atomic E-state index is 10.5. The summed E-state index contributed by atoms with van der Waals surface area (Å²) in [5.74, 6) is 2.88. The van der Waals surface area contributed by atoms with Crippen LogP contribution in [0.3, 0.4) is 0 Å². The Morgan fingerprint density at radius 1 is 0.760 bits per heavy atom. The molecule has 0 spiro atoms. The molecule has 4 nitrogen and oxygen atoms in total. The minimum absolute atomic E-state index is 0.0860. The highest BCUT2D eigenvalue weighted by Crippen LogP contribution is 2.31. The Balaban J connectivity index is 3.57. The molecule has 1 N–H and O–H groups in total. The van der Waals surface area contributed by atoms with E-state index >= 15 is 0 Å².